The van der Waals surface area contributed by atoms with Gasteiger partial charge in [0.2, 0.25) is 0 Å². The molecule has 0 N–H and O–H groups in total. The monoisotopic (exact) mass is 616 g/mol. The third-order valence-electron chi connectivity index (χ3n) is 3.30. The molecular weight excluding hydrogens is 599 g/mol. The van der Waals surface area contributed by atoms with Gasteiger partial charge < -0.3 is 19.7 Å². The fraction of sp³-hybridized carbons (Fsp3) is 0.667. The number of carbonyl (C=O) groups is 2. The predicted molar refractivity (Wildman–Crippen MR) is 90.5 cm³/mol. The van der Waals surface area contributed by atoms with Crippen LogP contribution >= 0.6 is 0 Å². The summed E-state index contributed by atoms with van der Waals surface area (Å²) in [5.74, 6) is -11.3. The van der Waals surface area contributed by atoms with Gasteiger partial charge in [-0.3, -0.25) is 9.59 Å². The van der Waals surface area contributed by atoms with Crippen LogP contribution in [0.3, 0.4) is 0 Å². The third kappa shape index (κ3) is 21.8. The summed E-state index contributed by atoms with van der Waals surface area (Å²) in [6, 6.07) is 0. The fourth-order valence-electron chi connectivity index (χ4n) is 1.59. The molecule has 0 spiro atoms. The smallest absolute Gasteiger partial charge is 0.869 e. The number of allylic oxidation sites excluding steroid dienone is 4. The molecule has 2 heterocycles. The molecule has 0 aromatic rings. The Morgan fingerprint density at radius 3 is 0.838 bits per heavy atom. The second-order valence-corrected chi connectivity index (χ2v) is 6.38. The first-order chi connectivity index (χ1) is 16.1. The molecule has 0 aromatic carbocycles. The minimum Gasteiger partial charge on any atom is -0.869 e. The molecule has 0 unspecified atom stereocenters. The van der Waals surface area contributed by atoms with Crippen LogP contribution in [0.1, 0.15) is 25.7 Å². The molecule has 0 amide bonds. The zero-order valence-electron chi connectivity index (χ0n) is 18.1. The van der Waals surface area contributed by atoms with E-state index in [1.165, 1.54) is 25.7 Å². The molecule has 37 heavy (non-hydrogen) atoms. The summed E-state index contributed by atoms with van der Waals surface area (Å²) in [6.45, 7) is 4.00. The summed E-state index contributed by atoms with van der Waals surface area (Å²) in [7, 11) is 0. The Balaban J connectivity index is -0.000000446. The SMILES string of the molecule is C1CCOC1.C1CCOC1.O=C(/C=C(\[O-])C(F)(F)F)C(F)(F)F.O=C(/C=C(\[O-])C(F)(F)F)C(F)(F)F.[Ni+2]. The summed E-state index contributed by atoms with van der Waals surface area (Å²) < 4.78 is 145. The van der Waals surface area contributed by atoms with Crippen molar-refractivity contribution in [3.8, 4) is 0 Å². The van der Waals surface area contributed by atoms with Crippen LogP contribution in [0.15, 0.2) is 23.7 Å². The number of rotatable bonds is 2. The number of halogens is 12. The molecular formula is C18H18F12NiO6. The van der Waals surface area contributed by atoms with Gasteiger partial charge in [0.1, 0.15) is 0 Å². The van der Waals surface area contributed by atoms with E-state index in [1.54, 1.807) is 0 Å². The van der Waals surface area contributed by atoms with Crippen molar-refractivity contribution in [2.45, 2.75) is 50.4 Å². The molecule has 2 aliphatic heterocycles. The van der Waals surface area contributed by atoms with Crippen LogP contribution in [0.5, 0.6) is 0 Å². The van der Waals surface area contributed by atoms with Crippen molar-refractivity contribution in [2.75, 3.05) is 26.4 Å². The maximum atomic E-state index is 11.3. The number of carbonyl (C=O) groups excluding carboxylic acids is 2. The Morgan fingerprint density at radius 1 is 0.514 bits per heavy atom. The normalized spacial score (nSPS) is 16.6. The molecule has 0 atom stereocenters. The molecule has 2 fully saturated rings. The van der Waals surface area contributed by atoms with Gasteiger partial charge in [0.15, 0.2) is 0 Å². The van der Waals surface area contributed by atoms with Crippen molar-refractivity contribution >= 4 is 11.6 Å². The summed E-state index contributed by atoms with van der Waals surface area (Å²) >= 11 is 0. The topological polar surface area (TPSA) is 98.7 Å². The van der Waals surface area contributed by atoms with Gasteiger partial charge in [-0.1, -0.05) is 0 Å². The maximum Gasteiger partial charge on any atom is 2.00 e. The summed E-state index contributed by atoms with van der Waals surface area (Å²) in [5, 5.41) is 19.6. The Bertz CT molecular complexity index is 654. The first-order valence-corrected chi connectivity index (χ1v) is 9.39. The molecule has 0 radical (unpaired) electrons. The van der Waals surface area contributed by atoms with E-state index in [0.29, 0.717) is 0 Å². The Kier molecular flexibility index (Phi) is 18.7. The minimum atomic E-state index is -5.46. The van der Waals surface area contributed by atoms with Gasteiger partial charge in [0, 0.05) is 26.4 Å². The quantitative estimate of drug-likeness (QED) is 0.204. The third-order valence-corrected chi connectivity index (χ3v) is 3.30. The van der Waals surface area contributed by atoms with Crippen molar-refractivity contribution in [3.05, 3.63) is 23.7 Å². The number of alkyl halides is 12. The van der Waals surface area contributed by atoms with Crippen LogP contribution in [0.4, 0.5) is 52.7 Å². The minimum absolute atomic E-state index is 0. The Labute approximate surface area is 211 Å². The van der Waals surface area contributed by atoms with Crippen LogP contribution in [0, 0.1) is 0 Å². The molecule has 0 aromatic heterocycles. The second-order valence-electron chi connectivity index (χ2n) is 6.38. The first-order valence-electron chi connectivity index (χ1n) is 9.39. The summed E-state index contributed by atoms with van der Waals surface area (Å²) in [5.41, 5.74) is 0. The maximum absolute atomic E-state index is 11.3. The molecule has 6 nitrogen and oxygen atoms in total. The Hall–Kier alpha value is -2.01. The van der Waals surface area contributed by atoms with Crippen molar-refractivity contribution in [3.63, 3.8) is 0 Å². The zero-order chi connectivity index (χ0) is 28.8. The van der Waals surface area contributed by atoms with E-state index < -0.39 is 59.9 Å². The molecule has 2 aliphatic rings. The first kappa shape index (κ1) is 39.5. The summed E-state index contributed by atoms with van der Waals surface area (Å²) in [6.07, 6.45) is -18.8. The van der Waals surface area contributed by atoms with Crippen molar-refractivity contribution in [1.29, 1.82) is 0 Å². The molecule has 0 aliphatic carbocycles. The van der Waals surface area contributed by atoms with Gasteiger partial charge in [-0.2, -0.15) is 52.7 Å². The number of hydrogen-bond donors (Lipinski definition) is 0. The van der Waals surface area contributed by atoms with Crippen molar-refractivity contribution in [2.24, 2.45) is 0 Å². The van der Waals surface area contributed by atoms with Crippen LogP contribution < -0.4 is 10.2 Å². The van der Waals surface area contributed by atoms with E-state index >= 15 is 0 Å². The van der Waals surface area contributed by atoms with E-state index in [9.17, 15) is 72.5 Å². The van der Waals surface area contributed by atoms with E-state index in [0.717, 1.165) is 26.4 Å². The predicted octanol–water partition coefficient (Wildman–Crippen LogP) is 3.44. The van der Waals surface area contributed by atoms with E-state index in [-0.39, 0.29) is 16.5 Å². The second kappa shape index (κ2) is 17.5. The van der Waals surface area contributed by atoms with Crippen molar-refractivity contribution in [1.82, 2.24) is 0 Å². The fourth-order valence-corrected chi connectivity index (χ4v) is 1.59. The largest absolute Gasteiger partial charge is 2.00 e. The van der Waals surface area contributed by atoms with Crippen LogP contribution in [0.2, 0.25) is 0 Å². The molecule has 2 saturated heterocycles. The number of hydrogen-bond acceptors (Lipinski definition) is 6. The van der Waals surface area contributed by atoms with E-state index in [2.05, 4.69) is 0 Å². The van der Waals surface area contributed by atoms with Crippen LogP contribution in [-0.4, -0.2) is 62.7 Å². The van der Waals surface area contributed by atoms with Crippen molar-refractivity contribution < 1.29 is 98.5 Å². The van der Waals surface area contributed by atoms with Gasteiger partial charge >= 0.3 is 41.2 Å². The molecule has 220 valence electrons. The average Bonchev–Trinajstić information content (AvgIpc) is 3.44. The Morgan fingerprint density at radius 2 is 0.730 bits per heavy atom. The average molecular weight is 617 g/mol. The summed E-state index contributed by atoms with van der Waals surface area (Å²) in [4.78, 5) is 19.6. The number of ether oxygens (including phenoxy) is 2. The zero-order valence-corrected chi connectivity index (χ0v) is 19.1. The standard InChI is InChI=1S/2C5H2F6O2.2C4H8O.Ni/c2*6-4(7,8)2(12)1-3(13)5(9,10)11;2*1-2-4-5-3-1;/h2*1,12H;2*1-4H2;/q;;;;+2/p-2/b2*2-1-;;;. The molecule has 0 bridgehead atoms. The van der Waals surface area contributed by atoms with Crippen LogP contribution in [-0.2, 0) is 35.6 Å². The molecule has 2 rings (SSSR count). The van der Waals surface area contributed by atoms with Gasteiger partial charge in [-0.05, 0) is 49.4 Å². The molecule has 0 saturated carbocycles. The van der Waals surface area contributed by atoms with E-state index in [1.807, 2.05) is 0 Å². The number of ketones is 2. The van der Waals surface area contributed by atoms with Gasteiger partial charge in [0.25, 0.3) is 11.6 Å². The van der Waals surface area contributed by atoms with Gasteiger partial charge in [-0.25, -0.2) is 0 Å². The molecule has 19 heteroatoms. The van der Waals surface area contributed by atoms with Gasteiger partial charge in [0.05, 0.1) is 0 Å². The van der Waals surface area contributed by atoms with Gasteiger partial charge in [-0.15, -0.1) is 0 Å². The van der Waals surface area contributed by atoms with Crippen LogP contribution in [0.25, 0.3) is 0 Å². The van der Waals surface area contributed by atoms with E-state index in [4.69, 9.17) is 9.47 Å².